The van der Waals surface area contributed by atoms with Crippen LogP contribution in [0.3, 0.4) is 0 Å². The molecule has 0 aromatic heterocycles. The summed E-state index contributed by atoms with van der Waals surface area (Å²) in [6.07, 6.45) is 78.3. The van der Waals surface area contributed by atoms with Gasteiger partial charge in [-0.1, -0.05) is 251 Å². The molecule has 0 heteroatoms. The number of rotatable bonds is 14. The van der Waals surface area contributed by atoms with Crippen LogP contribution in [-0.4, -0.2) is 0 Å². The van der Waals surface area contributed by atoms with Gasteiger partial charge in [-0.15, -0.1) is 0 Å². The van der Waals surface area contributed by atoms with Crippen LogP contribution in [0.4, 0.5) is 0 Å². The summed E-state index contributed by atoms with van der Waals surface area (Å²) < 4.78 is 0. The predicted molar refractivity (Wildman–Crippen MR) is 532 cm³/mol. The Morgan fingerprint density at radius 3 is 0.608 bits per heavy atom. The molecule has 19 rings (SSSR count). The second-order valence-electron chi connectivity index (χ2n) is 54.4. The third kappa shape index (κ3) is 31.9. The van der Waals surface area contributed by atoms with E-state index in [9.17, 15) is 0 Å². The third-order valence-electron chi connectivity index (χ3n) is 41.0. The summed E-state index contributed by atoms with van der Waals surface area (Å²) in [6, 6.07) is 0. The van der Waals surface area contributed by atoms with Gasteiger partial charge in [0.05, 0.1) is 0 Å². The van der Waals surface area contributed by atoms with Crippen LogP contribution in [-0.2, 0) is 0 Å². The van der Waals surface area contributed by atoms with Crippen LogP contribution in [0.2, 0.25) is 0 Å². The molecule has 33 atom stereocenters. The molecule has 0 N–H and O–H groups in total. The maximum absolute atomic E-state index is 2.51. The molecule has 0 radical (unpaired) electrons. The minimum Gasteiger partial charge on any atom is -0.0651 e. The summed E-state index contributed by atoms with van der Waals surface area (Å²) in [5.74, 6) is 43.9. The smallest absolute Gasteiger partial charge is 0.0295 e. The average Bonchev–Trinajstić information content (AvgIpc) is 0.761. The first-order chi connectivity index (χ1) is 57.0. The number of hydrogen-bond donors (Lipinski definition) is 0. The van der Waals surface area contributed by atoms with E-state index in [1.165, 1.54) is 103 Å². The summed E-state index contributed by atoms with van der Waals surface area (Å²) in [6.45, 7) is 62.9. The van der Waals surface area contributed by atoms with Gasteiger partial charge in [0.25, 0.3) is 0 Å². The quantitative estimate of drug-likeness (QED) is 0.163. The van der Waals surface area contributed by atoms with Gasteiger partial charge in [-0.25, -0.2) is 0 Å². The average molecular weight is 1670 g/mol. The molecule has 19 aliphatic rings. The zero-order valence-corrected chi connectivity index (χ0v) is 86.8. The van der Waals surface area contributed by atoms with E-state index >= 15 is 0 Å². The van der Waals surface area contributed by atoms with E-state index in [-0.39, 0.29) is 0 Å². The van der Waals surface area contributed by atoms with Crippen LogP contribution in [0.25, 0.3) is 0 Å². The summed E-state index contributed by atoms with van der Waals surface area (Å²) >= 11 is 0. The summed E-state index contributed by atoms with van der Waals surface area (Å²) in [5, 5.41) is 0. The maximum atomic E-state index is 2.51. The lowest BCUT2D eigenvalue weighted by atomic mass is 9.45. The van der Waals surface area contributed by atoms with Crippen molar-refractivity contribution in [2.24, 2.45) is 254 Å². The lowest BCUT2D eigenvalue weighted by Gasteiger charge is -2.60. The highest BCUT2D eigenvalue weighted by Gasteiger charge is 2.54. The van der Waals surface area contributed by atoms with Crippen molar-refractivity contribution >= 4 is 0 Å². The monoisotopic (exact) mass is 1660 g/mol. The van der Waals surface area contributed by atoms with E-state index < -0.39 is 0 Å². The molecular weight excluding hydrogens is 1440 g/mol. The van der Waals surface area contributed by atoms with Crippen molar-refractivity contribution in [1.29, 1.82) is 0 Å². The van der Waals surface area contributed by atoms with Gasteiger partial charge in [0.2, 0.25) is 0 Å². The van der Waals surface area contributed by atoms with Gasteiger partial charge in [0.15, 0.2) is 0 Å². The zero-order valence-electron chi connectivity index (χ0n) is 86.8. The minimum absolute atomic E-state index is 0.694. The van der Waals surface area contributed by atoms with Crippen LogP contribution < -0.4 is 0 Å². The third-order valence-corrected chi connectivity index (χ3v) is 41.0. The molecule has 18 bridgehead atoms. The van der Waals surface area contributed by atoms with E-state index in [0.717, 1.165) is 249 Å². The molecule has 14 unspecified atom stereocenters. The van der Waals surface area contributed by atoms with E-state index in [1.807, 2.05) is 0 Å². The normalized spacial score (nSPS) is 42.9. The van der Waals surface area contributed by atoms with Crippen LogP contribution in [0.1, 0.15) is 507 Å². The lowest BCUT2D eigenvalue weighted by molar-refractivity contribution is -0.107. The Kier molecular flexibility index (Phi) is 42.1. The lowest BCUT2D eigenvalue weighted by Crippen LogP contribution is -2.52. The van der Waals surface area contributed by atoms with Gasteiger partial charge >= 0.3 is 0 Å². The SMILES string of the molecule is CC(C)C1C[C@H]2CCCC[C@@H](C1)C2.CC(C)C1C[C@H]2CCC[C@@H](C1)C2.CC(C)CC[C@H]1CC[C@H]2C[C@@H]1C2(C)C.CC1C[C@@H]2CC(C(C)C)C[C@H](C1)C2.CC1C[C@@H]2CC(C(C)C)C[C@H](C1)C2.CC1C[C@@H]2CC(C(C)C)C[C@H](C1)C2.CCC1C[C@@H]2CC(C(C)C)C[C@H](C1)C2.CCC1C[C@@H]2CC(C(C)C)C[C@H](C1)C2.CCC1C[C@@H]2CC(C(C)C)C[C@H](C1)C2. The molecule has 0 heterocycles. The van der Waals surface area contributed by atoms with Crippen molar-refractivity contribution in [1.82, 2.24) is 0 Å². The van der Waals surface area contributed by atoms with Gasteiger partial charge in [0.1, 0.15) is 0 Å². The molecular formula is C120H222. The van der Waals surface area contributed by atoms with Crippen molar-refractivity contribution in [3.8, 4) is 0 Å². The van der Waals surface area contributed by atoms with Crippen LogP contribution in [0, 0.1) is 254 Å². The zero-order chi connectivity index (χ0) is 86.8. The first-order valence-electron chi connectivity index (χ1n) is 57.0. The fourth-order valence-electron chi connectivity index (χ4n) is 33.8. The van der Waals surface area contributed by atoms with Gasteiger partial charge in [0, 0.05) is 0 Å². The summed E-state index contributed by atoms with van der Waals surface area (Å²) in [7, 11) is 0. The van der Waals surface area contributed by atoms with E-state index in [2.05, 4.69) is 180 Å². The number of hydrogen-bond acceptors (Lipinski definition) is 0. The Morgan fingerprint density at radius 1 is 0.217 bits per heavy atom. The molecule has 120 heavy (non-hydrogen) atoms. The molecule has 19 aliphatic carbocycles. The van der Waals surface area contributed by atoms with Crippen molar-refractivity contribution in [3.05, 3.63) is 0 Å². The van der Waals surface area contributed by atoms with E-state index in [0.29, 0.717) is 5.41 Å². The van der Waals surface area contributed by atoms with Crippen molar-refractivity contribution in [3.63, 3.8) is 0 Å². The Bertz CT molecular complexity index is 2410. The molecule has 19 fully saturated rings. The molecule has 0 saturated heterocycles. The van der Waals surface area contributed by atoms with Crippen molar-refractivity contribution in [2.45, 2.75) is 507 Å². The van der Waals surface area contributed by atoms with Crippen LogP contribution in [0.5, 0.6) is 0 Å². The second-order valence-corrected chi connectivity index (χ2v) is 54.4. The molecule has 702 valence electrons. The second kappa shape index (κ2) is 49.5. The molecule has 0 aromatic rings. The largest absolute Gasteiger partial charge is 0.0651 e. The molecule has 0 nitrogen and oxygen atoms in total. The Balaban J connectivity index is 0.000000142. The van der Waals surface area contributed by atoms with Gasteiger partial charge < -0.3 is 0 Å². The molecule has 0 aromatic carbocycles. The van der Waals surface area contributed by atoms with E-state index in [4.69, 9.17) is 0 Å². The van der Waals surface area contributed by atoms with Gasteiger partial charge in [-0.2, -0.15) is 0 Å². The first-order valence-corrected chi connectivity index (χ1v) is 57.0. The Morgan fingerprint density at radius 2 is 0.417 bits per heavy atom. The van der Waals surface area contributed by atoms with Gasteiger partial charge in [-0.05, 0) is 511 Å². The van der Waals surface area contributed by atoms with Crippen molar-refractivity contribution < 1.29 is 0 Å². The minimum atomic E-state index is 0.694. The molecule has 0 aliphatic heterocycles. The standard InChI is InChI=1S/4C14H26.4C13H24.C12H22/c1-10(2)5-6-11-7-8-12-9-13(11)14(12,3)4;3*1-4-11-5-12-7-13(6-11)9-14(8-12)10(2)3;3*1-9(2)13-7-11-4-10(3)5-12(6-11)8-13;1-10(2)13-8-11-5-3-4-6-12(7-11)9-13;1-9(2)12-7-10-4-3-5-11(6-10)8-12/h10-13H,5-9H2,1-4H3;3*10-14H,4-9H2,1-3H3;3*9-13H,4-8H2,1-3H3;10-13H,3-9H2,1-2H3;9-12H,3-8H2,1-2H3/t11-,12-,13-;3*11?,12-,13+,14?;3*10?,11-,12+,13?;11-,12+,13?;10-,11+,12?/m0......../s1. The van der Waals surface area contributed by atoms with E-state index in [1.54, 1.807) is 225 Å². The fourth-order valence-corrected chi connectivity index (χ4v) is 33.8. The number of fused-ring (bicyclic) bond motifs is 18. The van der Waals surface area contributed by atoms with Crippen LogP contribution in [0.15, 0.2) is 0 Å². The topological polar surface area (TPSA) is 0 Å². The maximum Gasteiger partial charge on any atom is -0.0295 e. The fraction of sp³-hybridized carbons (Fsp3) is 1.00. The Hall–Kier alpha value is 0. The summed E-state index contributed by atoms with van der Waals surface area (Å²) in [5.41, 5.74) is 0.694. The van der Waals surface area contributed by atoms with Gasteiger partial charge in [-0.3, -0.25) is 0 Å². The Labute approximate surface area is 756 Å². The first kappa shape index (κ1) is 102. The van der Waals surface area contributed by atoms with Crippen LogP contribution >= 0.6 is 0 Å². The molecule has 0 amide bonds. The summed E-state index contributed by atoms with van der Waals surface area (Å²) in [4.78, 5) is 0. The predicted octanol–water partition coefficient (Wildman–Crippen LogP) is 38.4. The highest BCUT2D eigenvalue weighted by atomic mass is 14.6. The van der Waals surface area contributed by atoms with Crippen molar-refractivity contribution in [2.75, 3.05) is 0 Å². The molecule has 0 spiro atoms. The molecule has 19 saturated carbocycles. The highest BCUT2D eigenvalue weighted by molar-refractivity contribution is 5.03. The highest BCUT2D eigenvalue weighted by Crippen LogP contribution is 2.63.